The summed E-state index contributed by atoms with van der Waals surface area (Å²) in [6.45, 7) is 0.672. The summed E-state index contributed by atoms with van der Waals surface area (Å²) in [6, 6.07) is 17.0. The quantitative estimate of drug-likeness (QED) is 0.486. The van der Waals surface area contributed by atoms with Crippen LogP contribution in [0.15, 0.2) is 71.2 Å². The van der Waals surface area contributed by atoms with Crippen molar-refractivity contribution in [2.75, 3.05) is 14.1 Å². The van der Waals surface area contributed by atoms with E-state index in [1.54, 1.807) is 0 Å². The summed E-state index contributed by atoms with van der Waals surface area (Å²) in [7, 11) is 3.97. The Morgan fingerprint density at radius 3 is 2.00 bits per heavy atom. The number of para-hydroxylation sites is 1. The molecule has 0 unspecified atom stereocenters. The highest BCUT2D eigenvalue weighted by atomic mass is 16.4. The molecule has 0 saturated carbocycles. The minimum Gasteiger partial charge on any atom is -0.478 e. The maximum Gasteiger partial charge on any atom is 0.328 e. The van der Waals surface area contributed by atoms with Gasteiger partial charge in [-0.25, -0.2) is 9.59 Å². The van der Waals surface area contributed by atoms with Crippen LogP contribution < -0.4 is 0 Å². The number of furan rings is 1. The van der Waals surface area contributed by atoms with Gasteiger partial charge in [0.15, 0.2) is 5.76 Å². The van der Waals surface area contributed by atoms with E-state index < -0.39 is 11.9 Å². The molecular weight excluding hydrogens is 374 g/mol. The first-order valence-electron chi connectivity index (χ1n) is 8.68. The molecule has 2 aromatic carbocycles. The van der Waals surface area contributed by atoms with E-state index in [9.17, 15) is 14.4 Å². The molecule has 1 heterocycles. The monoisotopic (exact) mass is 395 g/mol. The summed E-state index contributed by atoms with van der Waals surface area (Å²) in [6.07, 6.45) is 1.12. The number of carboxylic acids is 2. The van der Waals surface area contributed by atoms with Crippen LogP contribution in [0.5, 0.6) is 0 Å². The van der Waals surface area contributed by atoms with Crippen LogP contribution in [-0.2, 0) is 16.1 Å². The lowest BCUT2D eigenvalue weighted by molar-refractivity contribution is -0.134. The van der Waals surface area contributed by atoms with Crippen LogP contribution in [0.25, 0.3) is 11.0 Å². The van der Waals surface area contributed by atoms with Crippen LogP contribution in [-0.4, -0.2) is 46.9 Å². The number of aliphatic carboxylic acids is 2. The van der Waals surface area contributed by atoms with Gasteiger partial charge in [-0.2, -0.15) is 0 Å². The normalized spacial score (nSPS) is 10.7. The fraction of sp³-hybridized carbons (Fsp3) is 0.136. The molecule has 2 N–H and O–H groups in total. The van der Waals surface area contributed by atoms with Crippen molar-refractivity contribution in [3.63, 3.8) is 0 Å². The standard InChI is InChI=1S/C18H17NO2.C4H4O4/c1-19(2)12-15-14-10-6-7-11-16(14)21-18(15)17(20)13-8-4-3-5-9-13;5-3(6)1-2-4(7)8/h3-11H,12H2,1-2H3;1-2H,(H,5,6)(H,7,8)/b;2-1-. The number of carbonyl (C=O) groups excluding carboxylic acids is 1. The molecule has 29 heavy (non-hydrogen) atoms. The van der Waals surface area contributed by atoms with Crippen molar-refractivity contribution >= 4 is 28.7 Å². The largest absolute Gasteiger partial charge is 0.478 e. The van der Waals surface area contributed by atoms with Crippen LogP contribution >= 0.6 is 0 Å². The zero-order valence-corrected chi connectivity index (χ0v) is 16.0. The Morgan fingerprint density at radius 2 is 1.45 bits per heavy atom. The van der Waals surface area contributed by atoms with E-state index in [1.807, 2.05) is 73.6 Å². The minimum absolute atomic E-state index is 0.0661. The molecule has 0 aliphatic heterocycles. The number of fused-ring (bicyclic) bond motifs is 1. The van der Waals surface area contributed by atoms with Gasteiger partial charge in [0, 0.05) is 35.2 Å². The molecule has 7 nitrogen and oxygen atoms in total. The molecule has 0 amide bonds. The van der Waals surface area contributed by atoms with Crippen molar-refractivity contribution in [1.29, 1.82) is 0 Å². The average Bonchev–Trinajstić information content (AvgIpc) is 3.05. The predicted octanol–water partition coefficient (Wildman–Crippen LogP) is 3.44. The summed E-state index contributed by atoms with van der Waals surface area (Å²) in [5.74, 6) is -2.14. The zero-order valence-electron chi connectivity index (χ0n) is 16.0. The molecule has 0 fully saturated rings. The van der Waals surface area contributed by atoms with Gasteiger partial charge in [-0.05, 0) is 20.2 Å². The summed E-state index contributed by atoms with van der Waals surface area (Å²) in [4.78, 5) is 33.9. The van der Waals surface area contributed by atoms with Gasteiger partial charge in [0.1, 0.15) is 5.58 Å². The van der Waals surface area contributed by atoms with E-state index in [0.717, 1.165) is 16.5 Å². The van der Waals surface area contributed by atoms with Crippen LogP contribution in [0, 0.1) is 0 Å². The van der Waals surface area contributed by atoms with Crippen molar-refractivity contribution in [3.8, 4) is 0 Å². The van der Waals surface area contributed by atoms with E-state index >= 15 is 0 Å². The van der Waals surface area contributed by atoms with Gasteiger partial charge in [0.2, 0.25) is 5.78 Å². The van der Waals surface area contributed by atoms with Gasteiger partial charge in [0.05, 0.1) is 0 Å². The Bertz CT molecular complexity index is 1020. The summed E-state index contributed by atoms with van der Waals surface area (Å²) >= 11 is 0. The van der Waals surface area contributed by atoms with Crippen molar-refractivity contribution in [3.05, 3.63) is 83.6 Å². The van der Waals surface area contributed by atoms with E-state index in [0.29, 0.717) is 30.0 Å². The number of hydrogen-bond donors (Lipinski definition) is 2. The fourth-order valence-electron chi connectivity index (χ4n) is 2.62. The number of carbonyl (C=O) groups is 3. The smallest absolute Gasteiger partial charge is 0.328 e. The summed E-state index contributed by atoms with van der Waals surface area (Å²) in [5.41, 5.74) is 2.36. The average molecular weight is 395 g/mol. The molecule has 0 bridgehead atoms. The maximum atomic E-state index is 12.7. The minimum atomic E-state index is -1.26. The van der Waals surface area contributed by atoms with E-state index in [4.69, 9.17) is 14.6 Å². The number of rotatable bonds is 6. The van der Waals surface area contributed by atoms with E-state index in [2.05, 4.69) is 0 Å². The van der Waals surface area contributed by atoms with Crippen molar-refractivity contribution in [2.24, 2.45) is 0 Å². The lowest BCUT2D eigenvalue weighted by atomic mass is 10.0. The number of benzene rings is 2. The van der Waals surface area contributed by atoms with Gasteiger partial charge in [-0.3, -0.25) is 4.79 Å². The Morgan fingerprint density at radius 1 is 0.897 bits per heavy atom. The highest BCUT2D eigenvalue weighted by molar-refractivity contribution is 6.10. The van der Waals surface area contributed by atoms with E-state index in [1.165, 1.54) is 0 Å². The molecule has 0 aliphatic carbocycles. The topological polar surface area (TPSA) is 108 Å². The molecule has 0 aliphatic rings. The van der Waals surface area contributed by atoms with Gasteiger partial charge in [0.25, 0.3) is 0 Å². The predicted molar refractivity (Wildman–Crippen MR) is 108 cm³/mol. The molecule has 0 saturated heterocycles. The molecule has 3 rings (SSSR count). The maximum absolute atomic E-state index is 12.7. The molecule has 0 atom stereocenters. The SMILES string of the molecule is CN(C)Cc1c(C(=O)c2ccccc2)oc2ccccc12.O=C(O)/C=C\C(=O)O. The number of ketones is 1. The number of carboxylic acid groups (broad SMARTS) is 2. The molecule has 0 radical (unpaired) electrons. The first-order valence-corrected chi connectivity index (χ1v) is 8.68. The van der Waals surface area contributed by atoms with Crippen LogP contribution in [0.2, 0.25) is 0 Å². The van der Waals surface area contributed by atoms with Crippen molar-refractivity contribution in [2.45, 2.75) is 6.54 Å². The highest BCUT2D eigenvalue weighted by Gasteiger charge is 2.21. The van der Waals surface area contributed by atoms with Crippen molar-refractivity contribution < 1.29 is 29.0 Å². The third-order valence-corrected chi connectivity index (χ3v) is 3.78. The summed E-state index contributed by atoms with van der Waals surface area (Å²) in [5, 5.41) is 16.6. The third-order valence-electron chi connectivity index (χ3n) is 3.78. The Hall–Kier alpha value is -3.71. The van der Waals surface area contributed by atoms with Gasteiger partial charge >= 0.3 is 11.9 Å². The first kappa shape index (κ1) is 21.6. The molecule has 3 aromatic rings. The van der Waals surface area contributed by atoms with Gasteiger partial charge in [-0.15, -0.1) is 0 Å². The Labute approximate surface area is 167 Å². The number of hydrogen-bond acceptors (Lipinski definition) is 5. The van der Waals surface area contributed by atoms with E-state index in [-0.39, 0.29) is 5.78 Å². The molecular formula is C22H21NO6. The van der Waals surface area contributed by atoms with Crippen molar-refractivity contribution in [1.82, 2.24) is 4.90 Å². The Kier molecular flexibility index (Phi) is 7.45. The third kappa shape index (κ3) is 6.15. The highest BCUT2D eigenvalue weighted by Crippen LogP contribution is 2.28. The zero-order chi connectivity index (χ0) is 21.4. The second-order valence-corrected chi connectivity index (χ2v) is 6.35. The molecule has 150 valence electrons. The van der Waals surface area contributed by atoms with Crippen LogP contribution in [0.3, 0.4) is 0 Å². The van der Waals surface area contributed by atoms with Crippen LogP contribution in [0.4, 0.5) is 0 Å². The molecule has 7 heteroatoms. The number of nitrogens with zero attached hydrogens (tertiary/aromatic N) is 1. The second kappa shape index (κ2) is 10.0. The fourth-order valence-corrected chi connectivity index (χ4v) is 2.62. The van der Waals surface area contributed by atoms with Gasteiger partial charge < -0.3 is 19.5 Å². The molecule has 0 spiro atoms. The molecule has 1 aromatic heterocycles. The second-order valence-electron chi connectivity index (χ2n) is 6.35. The van der Waals surface area contributed by atoms with Gasteiger partial charge in [-0.1, -0.05) is 48.5 Å². The lowest BCUT2D eigenvalue weighted by Gasteiger charge is -2.09. The first-order chi connectivity index (χ1) is 13.8. The van der Waals surface area contributed by atoms with Crippen LogP contribution in [0.1, 0.15) is 21.7 Å². The summed E-state index contributed by atoms with van der Waals surface area (Å²) < 4.78 is 5.84. The Balaban J connectivity index is 0.000000321. The lowest BCUT2D eigenvalue weighted by Crippen LogP contribution is -2.13.